The Morgan fingerprint density at radius 2 is 1.79 bits per heavy atom. The van der Waals surface area contributed by atoms with Gasteiger partial charge in [0.2, 0.25) is 0 Å². The molecule has 0 N–H and O–H groups in total. The first-order valence-electron chi connectivity index (χ1n) is 7.44. The molecule has 0 fully saturated rings. The molecule has 0 aliphatic carbocycles. The van der Waals surface area contributed by atoms with Gasteiger partial charge in [0.25, 0.3) is 0 Å². The summed E-state index contributed by atoms with van der Waals surface area (Å²) >= 11 is 0. The fourth-order valence-corrected chi connectivity index (χ4v) is 2.24. The van der Waals surface area contributed by atoms with E-state index in [1.165, 1.54) is 36.7 Å². The number of esters is 1. The van der Waals surface area contributed by atoms with Gasteiger partial charge >= 0.3 is 5.97 Å². The van der Waals surface area contributed by atoms with Crippen LogP contribution in [-0.4, -0.2) is 20.4 Å². The summed E-state index contributed by atoms with van der Waals surface area (Å²) in [5.74, 6) is -0.0533. The summed E-state index contributed by atoms with van der Waals surface area (Å²) < 4.78 is 4.90. The number of hydrogen-bond acceptors (Lipinski definition) is 2. The first kappa shape index (κ1) is 15.8. The molecule has 0 aliphatic heterocycles. The number of aryl methyl sites for hydroxylation is 1. The van der Waals surface area contributed by atoms with E-state index in [1.54, 1.807) is 0 Å². The Kier molecular flexibility index (Phi) is 8.03. The van der Waals surface area contributed by atoms with Gasteiger partial charge in [-0.1, -0.05) is 54.6 Å². The minimum atomic E-state index is -0.0533. The first-order valence-corrected chi connectivity index (χ1v) is 7.44. The summed E-state index contributed by atoms with van der Waals surface area (Å²) in [4.78, 5) is 11.1. The van der Waals surface area contributed by atoms with Crippen LogP contribution in [0.15, 0.2) is 24.3 Å². The second kappa shape index (κ2) is 9.65. The molecular formula is C16H25BO2. The van der Waals surface area contributed by atoms with Gasteiger partial charge in [-0.05, 0) is 26.2 Å². The standard InChI is InChI=1S/C16H25BO2/c1-2-19-16(18)13-7-5-3-4-6-10-14-11-8-9-12-15(14)17/h8-9,11-12H,2-7,10,13,17H2,1H3. The van der Waals surface area contributed by atoms with Crippen LogP contribution >= 0.6 is 0 Å². The van der Waals surface area contributed by atoms with Crippen molar-refractivity contribution in [2.24, 2.45) is 0 Å². The topological polar surface area (TPSA) is 26.3 Å². The largest absolute Gasteiger partial charge is 0.466 e. The third-order valence-electron chi connectivity index (χ3n) is 3.39. The van der Waals surface area contributed by atoms with Crippen LogP contribution in [0.2, 0.25) is 0 Å². The Bertz CT molecular complexity index is 377. The van der Waals surface area contributed by atoms with Gasteiger partial charge in [0.15, 0.2) is 0 Å². The van der Waals surface area contributed by atoms with Gasteiger partial charge in [-0.2, -0.15) is 0 Å². The van der Waals surface area contributed by atoms with E-state index < -0.39 is 0 Å². The molecule has 0 heterocycles. The monoisotopic (exact) mass is 260 g/mol. The Labute approximate surface area is 118 Å². The highest BCUT2D eigenvalue weighted by Crippen LogP contribution is 2.09. The van der Waals surface area contributed by atoms with Crippen LogP contribution in [0.4, 0.5) is 0 Å². The molecule has 0 radical (unpaired) electrons. The molecule has 1 rings (SSSR count). The summed E-state index contributed by atoms with van der Waals surface area (Å²) in [6, 6.07) is 8.60. The molecule has 0 atom stereocenters. The minimum Gasteiger partial charge on any atom is -0.466 e. The number of unbranched alkanes of at least 4 members (excludes halogenated alkanes) is 4. The van der Waals surface area contributed by atoms with E-state index in [9.17, 15) is 4.79 Å². The Hall–Kier alpha value is -1.25. The maximum Gasteiger partial charge on any atom is 0.305 e. The van der Waals surface area contributed by atoms with E-state index in [1.807, 2.05) is 6.92 Å². The van der Waals surface area contributed by atoms with Gasteiger partial charge in [0.1, 0.15) is 7.85 Å². The van der Waals surface area contributed by atoms with Crippen molar-refractivity contribution < 1.29 is 9.53 Å². The van der Waals surface area contributed by atoms with Gasteiger partial charge in [0, 0.05) is 6.42 Å². The van der Waals surface area contributed by atoms with Crippen LogP contribution in [0.1, 0.15) is 51.0 Å². The number of hydrogen-bond donors (Lipinski definition) is 0. The molecule has 104 valence electrons. The smallest absolute Gasteiger partial charge is 0.305 e. The van der Waals surface area contributed by atoms with E-state index in [0.29, 0.717) is 13.0 Å². The van der Waals surface area contributed by atoms with Crippen molar-refractivity contribution in [2.45, 2.75) is 51.9 Å². The number of carbonyl (C=O) groups is 1. The fraction of sp³-hybridized carbons (Fsp3) is 0.562. The molecule has 0 aromatic heterocycles. The Balaban J connectivity index is 2.00. The molecule has 0 bridgehead atoms. The molecule has 1 aromatic carbocycles. The summed E-state index contributed by atoms with van der Waals surface area (Å²) in [6.07, 6.45) is 7.54. The van der Waals surface area contributed by atoms with Crippen molar-refractivity contribution in [1.29, 1.82) is 0 Å². The van der Waals surface area contributed by atoms with Crippen LogP contribution in [0.25, 0.3) is 0 Å². The molecule has 0 spiro atoms. The van der Waals surface area contributed by atoms with Crippen molar-refractivity contribution >= 4 is 19.3 Å². The van der Waals surface area contributed by atoms with Crippen LogP contribution in [0, 0.1) is 0 Å². The van der Waals surface area contributed by atoms with E-state index in [-0.39, 0.29) is 5.97 Å². The van der Waals surface area contributed by atoms with E-state index in [4.69, 9.17) is 4.74 Å². The van der Waals surface area contributed by atoms with Gasteiger partial charge in [-0.15, -0.1) is 0 Å². The van der Waals surface area contributed by atoms with E-state index in [2.05, 4.69) is 32.1 Å². The van der Waals surface area contributed by atoms with Gasteiger partial charge in [-0.25, -0.2) is 0 Å². The lowest BCUT2D eigenvalue weighted by molar-refractivity contribution is -0.143. The SMILES string of the molecule is Bc1ccccc1CCCCCCCC(=O)OCC. The molecule has 0 aliphatic rings. The highest BCUT2D eigenvalue weighted by molar-refractivity contribution is 6.33. The quantitative estimate of drug-likeness (QED) is 0.387. The van der Waals surface area contributed by atoms with Crippen molar-refractivity contribution in [3.05, 3.63) is 29.8 Å². The first-order chi connectivity index (χ1) is 9.24. The summed E-state index contributed by atoms with van der Waals surface area (Å²) in [5.41, 5.74) is 2.86. The molecule has 0 saturated carbocycles. The lowest BCUT2D eigenvalue weighted by atomic mass is 9.88. The number of benzene rings is 1. The van der Waals surface area contributed by atoms with Crippen molar-refractivity contribution in [1.82, 2.24) is 0 Å². The fourth-order valence-electron chi connectivity index (χ4n) is 2.24. The predicted molar refractivity (Wildman–Crippen MR) is 82.7 cm³/mol. The second-order valence-corrected chi connectivity index (χ2v) is 5.00. The zero-order chi connectivity index (χ0) is 13.9. The highest BCUT2D eigenvalue weighted by atomic mass is 16.5. The highest BCUT2D eigenvalue weighted by Gasteiger charge is 2.01. The zero-order valence-electron chi connectivity index (χ0n) is 12.3. The lowest BCUT2D eigenvalue weighted by Crippen LogP contribution is -2.09. The molecule has 2 nitrogen and oxygen atoms in total. The van der Waals surface area contributed by atoms with Crippen LogP contribution in [0.5, 0.6) is 0 Å². The number of rotatable bonds is 9. The zero-order valence-corrected chi connectivity index (χ0v) is 12.3. The number of carbonyl (C=O) groups excluding carboxylic acids is 1. The molecular weight excluding hydrogens is 235 g/mol. The number of ether oxygens (including phenoxy) is 1. The third kappa shape index (κ3) is 7.04. The van der Waals surface area contributed by atoms with Gasteiger partial charge in [0.05, 0.1) is 6.61 Å². The van der Waals surface area contributed by atoms with Crippen molar-refractivity contribution in [2.75, 3.05) is 6.61 Å². The molecule has 0 unspecified atom stereocenters. The molecule has 19 heavy (non-hydrogen) atoms. The van der Waals surface area contributed by atoms with Crippen LogP contribution in [-0.2, 0) is 16.0 Å². The minimum absolute atomic E-state index is 0.0533. The van der Waals surface area contributed by atoms with Gasteiger partial charge in [-0.3, -0.25) is 4.79 Å². The molecule has 3 heteroatoms. The summed E-state index contributed by atoms with van der Waals surface area (Å²) in [6.45, 7) is 2.35. The third-order valence-corrected chi connectivity index (χ3v) is 3.39. The average Bonchev–Trinajstić information content (AvgIpc) is 2.40. The summed E-state index contributed by atoms with van der Waals surface area (Å²) in [7, 11) is 2.18. The van der Waals surface area contributed by atoms with Crippen molar-refractivity contribution in [3.8, 4) is 0 Å². The normalized spacial score (nSPS) is 10.4. The average molecular weight is 260 g/mol. The van der Waals surface area contributed by atoms with E-state index >= 15 is 0 Å². The predicted octanol–water partition coefficient (Wildman–Crippen LogP) is 2.39. The molecule has 1 aromatic rings. The van der Waals surface area contributed by atoms with E-state index in [0.717, 1.165) is 12.8 Å². The summed E-state index contributed by atoms with van der Waals surface area (Å²) in [5, 5.41) is 0. The van der Waals surface area contributed by atoms with Crippen LogP contribution in [0.3, 0.4) is 0 Å². The van der Waals surface area contributed by atoms with Crippen LogP contribution < -0.4 is 5.46 Å². The Morgan fingerprint density at radius 1 is 1.11 bits per heavy atom. The second-order valence-electron chi connectivity index (χ2n) is 5.00. The van der Waals surface area contributed by atoms with Crippen molar-refractivity contribution in [3.63, 3.8) is 0 Å². The maximum absolute atomic E-state index is 11.1. The maximum atomic E-state index is 11.1. The Morgan fingerprint density at radius 3 is 2.53 bits per heavy atom. The lowest BCUT2D eigenvalue weighted by Gasteiger charge is -2.05. The van der Waals surface area contributed by atoms with Gasteiger partial charge < -0.3 is 4.74 Å². The molecule has 0 amide bonds. The molecule has 0 saturated heterocycles.